The molecule has 3 nitrogen and oxygen atoms in total. The Morgan fingerprint density at radius 3 is 2.80 bits per heavy atom. The van der Waals surface area contributed by atoms with Gasteiger partial charge in [0, 0.05) is 6.20 Å². The molecular formula is C15H16BrFN2O. The molecule has 0 saturated carbocycles. The molecule has 2 rings (SSSR count). The van der Waals surface area contributed by atoms with E-state index in [0.29, 0.717) is 22.4 Å². The fourth-order valence-corrected chi connectivity index (χ4v) is 2.05. The van der Waals surface area contributed by atoms with Gasteiger partial charge in [0.25, 0.3) is 0 Å². The minimum absolute atomic E-state index is 0.329. The summed E-state index contributed by atoms with van der Waals surface area (Å²) in [6.07, 6.45) is 4.24. The molecule has 106 valence electrons. The summed E-state index contributed by atoms with van der Waals surface area (Å²) in [5.74, 6) is 0.349. The third kappa shape index (κ3) is 3.55. The molecule has 2 N–H and O–H groups in total. The average molecular weight is 339 g/mol. The zero-order valence-corrected chi connectivity index (χ0v) is 12.7. The first kappa shape index (κ1) is 14.9. The van der Waals surface area contributed by atoms with Gasteiger partial charge in [0.2, 0.25) is 0 Å². The van der Waals surface area contributed by atoms with E-state index in [0.717, 1.165) is 12.0 Å². The number of aromatic nitrogens is 1. The lowest BCUT2D eigenvalue weighted by Gasteiger charge is -2.14. The number of benzene rings is 1. The first-order chi connectivity index (χ1) is 9.61. The van der Waals surface area contributed by atoms with Crippen LogP contribution in [-0.2, 0) is 0 Å². The van der Waals surface area contributed by atoms with Crippen LogP contribution in [0.1, 0.15) is 30.5 Å². The summed E-state index contributed by atoms with van der Waals surface area (Å²) < 4.78 is 19.5. The van der Waals surface area contributed by atoms with Gasteiger partial charge in [-0.3, -0.25) is 4.98 Å². The van der Waals surface area contributed by atoms with Crippen LogP contribution in [0.15, 0.2) is 41.1 Å². The summed E-state index contributed by atoms with van der Waals surface area (Å²) in [7, 11) is 0. The van der Waals surface area contributed by atoms with Gasteiger partial charge < -0.3 is 10.5 Å². The molecule has 0 bridgehead atoms. The second-order valence-electron chi connectivity index (χ2n) is 4.45. The molecule has 0 aliphatic carbocycles. The number of hydrogen-bond acceptors (Lipinski definition) is 3. The minimum atomic E-state index is -0.435. The second-order valence-corrected chi connectivity index (χ2v) is 5.31. The lowest BCUT2D eigenvalue weighted by atomic mass is 10.0. The van der Waals surface area contributed by atoms with E-state index in [2.05, 4.69) is 20.9 Å². The molecule has 1 aromatic heterocycles. The van der Waals surface area contributed by atoms with Crippen molar-refractivity contribution in [2.45, 2.75) is 19.4 Å². The van der Waals surface area contributed by atoms with Crippen LogP contribution in [0.4, 0.5) is 4.39 Å². The van der Waals surface area contributed by atoms with Crippen molar-refractivity contribution >= 4 is 15.9 Å². The van der Waals surface area contributed by atoms with Gasteiger partial charge >= 0.3 is 0 Å². The molecular weight excluding hydrogens is 323 g/mol. The van der Waals surface area contributed by atoms with Crippen LogP contribution in [0.5, 0.6) is 5.75 Å². The highest BCUT2D eigenvalue weighted by atomic mass is 79.9. The normalized spacial score (nSPS) is 12.2. The van der Waals surface area contributed by atoms with Crippen LogP contribution in [0.25, 0.3) is 0 Å². The monoisotopic (exact) mass is 338 g/mol. The minimum Gasteiger partial charge on any atom is -0.492 e. The topological polar surface area (TPSA) is 48.1 Å². The van der Waals surface area contributed by atoms with Crippen molar-refractivity contribution in [2.75, 3.05) is 6.61 Å². The molecule has 5 heteroatoms. The maximum Gasteiger partial charge on any atom is 0.137 e. The van der Waals surface area contributed by atoms with E-state index in [-0.39, 0.29) is 5.82 Å². The molecule has 1 atom stereocenters. The molecule has 2 aromatic rings. The van der Waals surface area contributed by atoms with Gasteiger partial charge in [-0.25, -0.2) is 4.39 Å². The Bertz CT molecular complexity index is 592. The van der Waals surface area contributed by atoms with E-state index in [1.807, 2.05) is 13.0 Å². The lowest BCUT2D eigenvalue weighted by molar-refractivity contribution is 0.315. The Morgan fingerprint density at radius 2 is 2.10 bits per heavy atom. The number of hydrogen-bond donors (Lipinski definition) is 1. The molecule has 0 aliphatic heterocycles. The van der Waals surface area contributed by atoms with E-state index in [4.69, 9.17) is 10.5 Å². The molecule has 1 unspecified atom stereocenters. The molecule has 1 heterocycles. The maximum atomic E-state index is 13.6. The van der Waals surface area contributed by atoms with Crippen LogP contribution in [0, 0.1) is 5.82 Å². The van der Waals surface area contributed by atoms with Crippen molar-refractivity contribution in [2.24, 2.45) is 5.73 Å². The summed E-state index contributed by atoms with van der Waals surface area (Å²) in [6.45, 7) is 2.67. The van der Waals surface area contributed by atoms with E-state index in [1.165, 1.54) is 6.07 Å². The molecule has 0 spiro atoms. The van der Waals surface area contributed by atoms with Gasteiger partial charge in [0.05, 0.1) is 23.3 Å². The Balaban J connectivity index is 2.23. The number of rotatable bonds is 5. The summed E-state index contributed by atoms with van der Waals surface area (Å²) in [6, 6.07) is 6.27. The van der Waals surface area contributed by atoms with Gasteiger partial charge in [-0.1, -0.05) is 13.0 Å². The van der Waals surface area contributed by atoms with Crippen LogP contribution in [0.2, 0.25) is 0 Å². The lowest BCUT2D eigenvalue weighted by Crippen LogP contribution is -2.12. The van der Waals surface area contributed by atoms with Crippen molar-refractivity contribution in [3.8, 4) is 5.75 Å². The number of pyridine rings is 1. The zero-order chi connectivity index (χ0) is 14.5. The van der Waals surface area contributed by atoms with Gasteiger partial charge in [0.15, 0.2) is 0 Å². The van der Waals surface area contributed by atoms with Crippen molar-refractivity contribution in [1.29, 1.82) is 0 Å². The van der Waals surface area contributed by atoms with E-state index < -0.39 is 6.04 Å². The zero-order valence-electron chi connectivity index (χ0n) is 11.1. The Kier molecular flexibility index (Phi) is 5.09. The van der Waals surface area contributed by atoms with Crippen molar-refractivity contribution in [1.82, 2.24) is 4.98 Å². The Hall–Kier alpha value is -1.46. The maximum absolute atomic E-state index is 13.6. The predicted molar refractivity (Wildman–Crippen MR) is 80.2 cm³/mol. The fraction of sp³-hybridized carbons (Fsp3) is 0.267. The first-order valence-corrected chi connectivity index (χ1v) is 7.19. The Morgan fingerprint density at radius 1 is 1.30 bits per heavy atom. The second kappa shape index (κ2) is 6.81. The van der Waals surface area contributed by atoms with Gasteiger partial charge in [-0.05, 0) is 51.7 Å². The summed E-state index contributed by atoms with van der Waals surface area (Å²) in [4.78, 5) is 4.12. The van der Waals surface area contributed by atoms with E-state index in [9.17, 15) is 4.39 Å². The molecule has 0 radical (unpaired) electrons. The van der Waals surface area contributed by atoms with Gasteiger partial charge in [0.1, 0.15) is 11.6 Å². The molecule has 0 saturated heterocycles. The molecule has 0 amide bonds. The summed E-state index contributed by atoms with van der Waals surface area (Å²) in [5, 5.41) is 0. The van der Waals surface area contributed by atoms with Crippen LogP contribution in [0.3, 0.4) is 0 Å². The fourth-order valence-electron chi connectivity index (χ4n) is 1.80. The van der Waals surface area contributed by atoms with Crippen LogP contribution in [-0.4, -0.2) is 11.6 Å². The summed E-state index contributed by atoms with van der Waals surface area (Å²) >= 11 is 3.13. The third-order valence-electron chi connectivity index (χ3n) is 2.87. The van der Waals surface area contributed by atoms with Crippen LogP contribution < -0.4 is 10.5 Å². The largest absolute Gasteiger partial charge is 0.492 e. The SMILES string of the molecule is CCCOc1cncc(C(N)c2ccc(Br)c(F)c2)c1. The molecule has 1 aromatic carbocycles. The van der Waals surface area contributed by atoms with E-state index >= 15 is 0 Å². The number of nitrogens with two attached hydrogens (primary N) is 1. The highest BCUT2D eigenvalue weighted by molar-refractivity contribution is 9.10. The average Bonchev–Trinajstić information content (AvgIpc) is 2.47. The van der Waals surface area contributed by atoms with Crippen molar-refractivity contribution in [3.63, 3.8) is 0 Å². The predicted octanol–water partition coefficient (Wildman–Crippen LogP) is 3.82. The molecule has 0 fully saturated rings. The third-order valence-corrected chi connectivity index (χ3v) is 3.51. The molecule has 0 aliphatic rings. The van der Waals surface area contributed by atoms with E-state index in [1.54, 1.807) is 24.5 Å². The highest BCUT2D eigenvalue weighted by Crippen LogP contribution is 2.25. The smallest absolute Gasteiger partial charge is 0.137 e. The summed E-state index contributed by atoms with van der Waals surface area (Å²) in [5.41, 5.74) is 7.64. The Labute approximate surface area is 126 Å². The highest BCUT2D eigenvalue weighted by Gasteiger charge is 2.12. The van der Waals surface area contributed by atoms with Crippen LogP contribution >= 0.6 is 15.9 Å². The quantitative estimate of drug-likeness (QED) is 0.901. The number of halogens is 2. The van der Waals surface area contributed by atoms with Gasteiger partial charge in [-0.15, -0.1) is 0 Å². The molecule has 20 heavy (non-hydrogen) atoms. The standard InChI is InChI=1S/C15H16BrFN2O/c1-2-5-20-12-6-11(8-19-9-12)15(18)10-3-4-13(16)14(17)7-10/h3-4,6-9,15H,2,5,18H2,1H3. The van der Waals surface area contributed by atoms with Crippen molar-refractivity contribution in [3.05, 3.63) is 58.1 Å². The number of ether oxygens (including phenoxy) is 1. The number of nitrogens with zero attached hydrogens (tertiary/aromatic N) is 1. The van der Waals surface area contributed by atoms with Crippen molar-refractivity contribution < 1.29 is 9.13 Å². The van der Waals surface area contributed by atoms with Gasteiger partial charge in [-0.2, -0.15) is 0 Å². The first-order valence-electron chi connectivity index (χ1n) is 6.40.